The smallest absolute Gasteiger partial charge is 0.171 e. The number of nitriles is 1. The fourth-order valence-electron chi connectivity index (χ4n) is 5.29. The van der Waals surface area contributed by atoms with Gasteiger partial charge in [0.2, 0.25) is 0 Å². The van der Waals surface area contributed by atoms with Gasteiger partial charge >= 0.3 is 0 Å². The molecule has 0 aliphatic carbocycles. The molecular formula is C37H38N10O. The van der Waals surface area contributed by atoms with Crippen molar-refractivity contribution in [2.24, 2.45) is 0 Å². The number of aldehydes is 1. The van der Waals surface area contributed by atoms with Gasteiger partial charge in [0, 0.05) is 62.6 Å². The molecule has 1 saturated heterocycles. The number of carbonyl (C=O) groups is 1. The largest absolute Gasteiger partial charge is 0.383 e. The zero-order chi connectivity index (χ0) is 33.9. The Balaban J connectivity index is 0.000000321. The normalized spacial score (nSPS) is 13.0. The van der Waals surface area contributed by atoms with E-state index in [1.54, 1.807) is 12.3 Å². The molecule has 1 aliphatic heterocycles. The number of nitrogen functional groups attached to an aromatic ring is 1. The average molecular weight is 639 g/mol. The van der Waals surface area contributed by atoms with Crippen LogP contribution in [0.5, 0.6) is 0 Å². The van der Waals surface area contributed by atoms with Crippen LogP contribution in [0.3, 0.4) is 0 Å². The van der Waals surface area contributed by atoms with E-state index in [0.717, 1.165) is 72.2 Å². The Labute approximate surface area is 280 Å². The number of carbonyl (C=O) groups excluding carboxylic acids is 1. The van der Waals surface area contributed by atoms with E-state index in [9.17, 15) is 4.79 Å². The molecule has 1 aliphatic rings. The summed E-state index contributed by atoms with van der Waals surface area (Å²) in [4.78, 5) is 36.6. The molecule has 0 radical (unpaired) electrons. The van der Waals surface area contributed by atoms with E-state index < -0.39 is 0 Å². The van der Waals surface area contributed by atoms with Crippen molar-refractivity contribution in [2.45, 2.75) is 20.4 Å². The van der Waals surface area contributed by atoms with Crippen LogP contribution in [-0.2, 0) is 6.54 Å². The Kier molecular flexibility index (Phi) is 11.3. The molecule has 48 heavy (non-hydrogen) atoms. The quantitative estimate of drug-likeness (QED) is 0.227. The summed E-state index contributed by atoms with van der Waals surface area (Å²) in [6.07, 6.45) is 4.94. The lowest BCUT2D eigenvalue weighted by Gasteiger charge is -2.32. The molecule has 5 heterocycles. The minimum Gasteiger partial charge on any atom is -0.383 e. The van der Waals surface area contributed by atoms with Crippen LogP contribution >= 0.6 is 0 Å². The minimum atomic E-state index is 0.0671. The minimum absolute atomic E-state index is 0.0671. The van der Waals surface area contributed by atoms with Crippen molar-refractivity contribution in [3.05, 3.63) is 114 Å². The van der Waals surface area contributed by atoms with Crippen LogP contribution in [-0.4, -0.2) is 78.8 Å². The molecule has 1 fully saturated rings. The Bertz CT molecular complexity index is 1990. The molecule has 4 aromatic heterocycles. The number of nitrogens with two attached hydrogens (primary N) is 1. The Hall–Kier alpha value is -5.83. The number of hydrogen-bond acceptors (Lipinski definition) is 10. The van der Waals surface area contributed by atoms with Crippen LogP contribution in [0, 0.1) is 11.3 Å². The molecule has 2 aromatic carbocycles. The number of benzene rings is 2. The lowest BCUT2D eigenvalue weighted by atomic mass is 10.1. The molecule has 242 valence electrons. The van der Waals surface area contributed by atoms with Crippen LogP contribution in [0.1, 0.15) is 35.6 Å². The summed E-state index contributed by atoms with van der Waals surface area (Å²) in [5, 5.41) is 8.34. The third-order valence-electron chi connectivity index (χ3n) is 7.79. The lowest BCUT2D eigenvalue weighted by molar-refractivity contribution is 0.111. The van der Waals surface area contributed by atoms with E-state index in [1.165, 1.54) is 18.0 Å². The van der Waals surface area contributed by atoms with Gasteiger partial charge in [0.15, 0.2) is 23.5 Å². The van der Waals surface area contributed by atoms with Gasteiger partial charge in [0.1, 0.15) is 23.1 Å². The third kappa shape index (κ3) is 7.75. The molecule has 7 rings (SSSR count). The van der Waals surface area contributed by atoms with E-state index in [2.05, 4.69) is 72.8 Å². The summed E-state index contributed by atoms with van der Waals surface area (Å²) in [5.41, 5.74) is 13.1. The molecule has 0 amide bonds. The first kappa shape index (κ1) is 33.5. The van der Waals surface area contributed by atoms with Crippen molar-refractivity contribution in [2.75, 3.05) is 39.0 Å². The monoisotopic (exact) mass is 638 g/mol. The summed E-state index contributed by atoms with van der Waals surface area (Å²) >= 11 is 0. The van der Waals surface area contributed by atoms with Gasteiger partial charge in [0.05, 0.1) is 11.3 Å². The first-order valence-corrected chi connectivity index (χ1v) is 15.9. The number of imidazole rings is 1. The average Bonchev–Trinajstić information content (AvgIpc) is 3.53. The standard InChI is InChI=1S/C29H29N7.C6H3N3O.C2H6/c1-34-16-18-35(19-17-34)20-21-9-11-23(12-10-21)36-28(24-8-5-15-31-27(24)30)33-26-14-13-25(32-29(26)36)22-6-3-2-4-7-22;7-3-5-6(4-10)9-2-1-8-5;1-2/h2-15H,16-20H2,1H3,(H2,30,31);1-2,4H;1-2H3. The molecule has 0 unspecified atom stereocenters. The number of nitrogens with zero attached hydrogens (tertiary/aromatic N) is 9. The number of anilines is 1. The van der Waals surface area contributed by atoms with Gasteiger partial charge in [-0.25, -0.2) is 24.9 Å². The number of hydrogen-bond donors (Lipinski definition) is 1. The van der Waals surface area contributed by atoms with Crippen LogP contribution < -0.4 is 5.73 Å². The molecule has 0 bridgehead atoms. The second kappa shape index (κ2) is 16.1. The first-order chi connectivity index (χ1) is 23.5. The SMILES string of the molecule is CC.CN1CCN(Cc2ccc(-n3c(-c4cccnc4N)nc4ccc(-c5ccccc5)nc43)cc2)CC1.N#Cc1nccnc1C=O. The zero-order valence-electron chi connectivity index (χ0n) is 27.4. The maximum atomic E-state index is 10.1. The fraction of sp³-hybridized carbons (Fsp3) is 0.216. The maximum absolute atomic E-state index is 10.1. The molecular weight excluding hydrogens is 600 g/mol. The number of likely N-dealkylation sites (N-methyl/N-ethyl adjacent to an activating group) is 1. The van der Waals surface area contributed by atoms with E-state index in [4.69, 9.17) is 21.0 Å². The Morgan fingerprint density at radius 3 is 2.23 bits per heavy atom. The summed E-state index contributed by atoms with van der Waals surface area (Å²) in [7, 11) is 2.19. The summed E-state index contributed by atoms with van der Waals surface area (Å²) in [6, 6.07) is 28.6. The topological polar surface area (TPSA) is 143 Å². The molecule has 11 heteroatoms. The zero-order valence-corrected chi connectivity index (χ0v) is 27.4. The van der Waals surface area contributed by atoms with Crippen molar-refractivity contribution in [3.63, 3.8) is 0 Å². The predicted octanol–water partition coefficient (Wildman–Crippen LogP) is 5.67. The van der Waals surface area contributed by atoms with Gasteiger partial charge in [-0.3, -0.25) is 14.3 Å². The Morgan fingerprint density at radius 2 is 1.56 bits per heavy atom. The van der Waals surface area contributed by atoms with E-state index in [1.807, 2.05) is 56.3 Å². The molecule has 11 nitrogen and oxygen atoms in total. The third-order valence-corrected chi connectivity index (χ3v) is 7.79. The lowest BCUT2D eigenvalue weighted by Crippen LogP contribution is -2.43. The number of pyridine rings is 2. The predicted molar refractivity (Wildman–Crippen MR) is 188 cm³/mol. The van der Waals surface area contributed by atoms with Gasteiger partial charge in [-0.2, -0.15) is 5.26 Å². The Morgan fingerprint density at radius 1 is 0.833 bits per heavy atom. The van der Waals surface area contributed by atoms with Crippen LogP contribution in [0.4, 0.5) is 5.82 Å². The van der Waals surface area contributed by atoms with Gasteiger partial charge in [-0.15, -0.1) is 0 Å². The van der Waals surface area contributed by atoms with Crippen molar-refractivity contribution < 1.29 is 4.79 Å². The number of fused-ring (bicyclic) bond motifs is 1. The highest BCUT2D eigenvalue weighted by atomic mass is 16.1. The summed E-state index contributed by atoms with van der Waals surface area (Å²) in [5.74, 6) is 1.18. The van der Waals surface area contributed by atoms with Crippen molar-refractivity contribution >= 4 is 23.3 Å². The highest BCUT2D eigenvalue weighted by Crippen LogP contribution is 2.31. The number of piperazine rings is 1. The first-order valence-electron chi connectivity index (χ1n) is 15.9. The molecule has 0 saturated carbocycles. The molecule has 0 spiro atoms. The molecule has 0 atom stereocenters. The van der Waals surface area contributed by atoms with E-state index in [0.29, 0.717) is 12.1 Å². The summed E-state index contributed by atoms with van der Waals surface area (Å²) in [6.45, 7) is 9.38. The van der Waals surface area contributed by atoms with Crippen LogP contribution in [0.15, 0.2) is 97.5 Å². The second-order valence-electron chi connectivity index (χ2n) is 10.9. The number of rotatable bonds is 6. The van der Waals surface area contributed by atoms with Crippen LogP contribution in [0.2, 0.25) is 0 Å². The maximum Gasteiger partial charge on any atom is 0.171 e. The van der Waals surface area contributed by atoms with Gasteiger partial charge in [0.25, 0.3) is 0 Å². The van der Waals surface area contributed by atoms with Gasteiger partial charge in [-0.05, 0) is 49.0 Å². The highest BCUT2D eigenvalue weighted by Gasteiger charge is 2.19. The second-order valence-corrected chi connectivity index (χ2v) is 10.9. The molecule has 2 N–H and O–H groups in total. The van der Waals surface area contributed by atoms with E-state index in [-0.39, 0.29) is 11.4 Å². The highest BCUT2D eigenvalue weighted by molar-refractivity contribution is 5.84. The molecule has 6 aromatic rings. The van der Waals surface area contributed by atoms with Crippen LogP contribution in [0.25, 0.3) is 39.5 Å². The van der Waals surface area contributed by atoms with Gasteiger partial charge in [-0.1, -0.05) is 56.3 Å². The van der Waals surface area contributed by atoms with Crippen molar-refractivity contribution in [3.8, 4) is 34.4 Å². The van der Waals surface area contributed by atoms with E-state index >= 15 is 0 Å². The summed E-state index contributed by atoms with van der Waals surface area (Å²) < 4.78 is 2.09. The van der Waals surface area contributed by atoms with Crippen molar-refractivity contribution in [1.29, 1.82) is 5.26 Å². The fourth-order valence-corrected chi connectivity index (χ4v) is 5.29. The number of aromatic nitrogens is 6. The van der Waals surface area contributed by atoms with Crippen molar-refractivity contribution in [1.82, 2.24) is 39.3 Å². The van der Waals surface area contributed by atoms with Gasteiger partial charge < -0.3 is 10.6 Å².